The maximum absolute atomic E-state index is 14.2. The minimum atomic E-state index is -2.69. The summed E-state index contributed by atoms with van der Waals surface area (Å²) < 4.78 is 5.69. The number of β-amino-alcohol motifs (C(OH)–C–C–N with tert-alkyl or cyclic N) is 1. The lowest BCUT2D eigenvalue weighted by Gasteiger charge is -2.50. The average Bonchev–Trinajstić information content (AvgIpc) is 3.03. The summed E-state index contributed by atoms with van der Waals surface area (Å²) in [4.78, 5) is 45.8. The van der Waals surface area contributed by atoms with Gasteiger partial charge in [-0.3, -0.25) is 29.1 Å². The van der Waals surface area contributed by atoms with Crippen LogP contribution >= 0.6 is 0 Å². The van der Waals surface area contributed by atoms with Gasteiger partial charge in [0.05, 0.1) is 25.3 Å². The Hall–Kier alpha value is -4.27. The maximum Gasteiger partial charge on any atom is 0.255 e. The number of primary amides is 1. The molecule has 3 aliphatic carbocycles. The summed E-state index contributed by atoms with van der Waals surface area (Å²) in [6, 6.07) is 7.83. The van der Waals surface area contributed by atoms with Gasteiger partial charge in [-0.05, 0) is 67.7 Å². The van der Waals surface area contributed by atoms with Crippen LogP contribution in [0.3, 0.4) is 0 Å². The van der Waals surface area contributed by atoms with Gasteiger partial charge in [0.1, 0.15) is 28.6 Å². The molecule has 2 aromatic carbocycles. The first-order valence-electron chi connectivity index (χ1n) is 16.1. The average molecular weight is 663 g/mol. The van der Waals surface area contributed by atoms with Crippen molar-refractivity contribution in [2.24, 2.45) is 17.6 Å². The standard InChI is InChI=1S/C35H42N4O9/c1-37(2)29-23-16-19-15-22-21(18-4-7-25(48-3)20(14-18)17-39-10-8-38(9-11-39)12-13-40)5-6-24(41)27(22)30(42)26(19)32(44)35(23,47)33(45)28(31(29)43)34(36)46/h4-7,14,19,23,29,40-42,45,47H,8-13,15-17H2,1-3H3,(H2,36,46)/t19-,23-,29+,35+/m1/s1. The number of phenolic OH excluding ortho intramolecular Hbond substituents is 1. The van der Waals surface area contributed by atoms with Crippen LogP contribution in [0.1, 0.15) is 23.1 Å². The summed E-state index contributed by atoms with van der Waals surface area (Å²) in [5, 5.41) is 54.9. The molecule has 0 radical (unpaired) electrons. The number of ketones is 2. The van der Waals surface area contributed by atoms with Crippen molar-refractivity contribution in [2.75, 3.05) is 60.5 Å². The molecule has 2 aromatic rings. The number of carbonyl (C=O) groups is 3. The molecule has 4 atom stereocenters. The second-order valence-electron chi connectivity index (χ2n) is 13.3. The number of fused-ring (bicyclic) bond motifs is 3. The number of Topliss-reactive ketones (excluding diaryl/α,β-unsaturated/α-hetero) is 2. The Labute approximate surface area is 278 Å². The number of nitrogens with two attached hydrogens (primary N) is 1. The number of phenols is 1. The highest BCUT2D eigenvalue weighted by molar-refractivity contribution is 6.24. The number of nitrogens with zero attached hydrogens (tertiary/aromatic N) is 3. The van der Waals surface area contributed by atoms with Crippen LogP contribution in [0.4, 0.5) is 0 Å². The monoisotopic (exact) mass is 662 g/mol. The van der Waals surface area contributed by atoms with Crippen molar-refractivity contribution >= 4 is 23.2 Å². The summed E-state index contributed by atoms with van der Waals surface area (Å²) >= 11 is 0. The van der Waals surface area contributed by atoms with E-state index in [2.05, 4.69) is 9.80 Å². The molecule has 7 N–H and O–H groups in total. The van der Waals surface area contributed by atoms with Gasteiger partial charge in [0.2, 0.25) is 5.78 Å². The van der Waals surface area contributed by atoms with Crippen LogP contribution in [-0.4, -0.2) is 130 Å². The van der Waals surface area contributed by atoms with E-state index >= 15 is 0 Å². The first-order chi connectivity index (χ1) is 22.8. The van der Waals surface area contributed by atoms with Gasteiger partial charge in [0.15, 0.2) is 11.4 Å². The van der Waals surface area contributed by atoms with E-state index in [9.17, 15) is 39.9 Å². The number of methoxy groups -OCH3 is 1. The number of piperazine rings is 1. The third kappa shape index (κ3) is 5.26. The van der Waals surface area contributed by atoms with E-state index in [0.29, 0.717) is 24.4 Å². The van der Waals surface area contributed by atoms with Crippen LogP contribution in [0.5, 0.6) is 11.5 Å². The molecule has 2 fully saturated rings. The van der Waals surface area contributed by atoms with E-state index in [1.807, 2.05) is 18.2 Å². The minimum absolute atomic E-state index is 0.0109. The van der Waals surface area contributed by atoms with Crippen molar-refractivity contribution in [1.29, 1.82) is 0 Å². The van der Waals surface area contributed by atoms with Crippen LogP contribution in [0.15, 0.2) is 47.2 Å². The van der Waals surface area contributed by atoms with Crippen LogP contribution < -0.4 is 10.5 Å². The van der Waals surface area contributed by atoms with Gasteiger partial charge in [-0.15, -0.1) is 0 Å². The molecule has 13 heteroatoms. The molecular weight excluding hydrogens is 620 g/mol. The van der Waals surface area contributed by atoms with Crippen molar-refractivity contribution in [3.8, 4) is 22.6 Å². The largest absolute Gasteiger partial charge is 0.508 e. The smallest absolute Gasteiger partial charge is 0.255 e. The molecule has 256 valence electrons. The molecule has 1 saturated carbocycles. The van der Waals surface area contributed by atoms with E-state index in [0.717, 1.165) is 42.9 Å². The third-order valence-electron chi connectivity index (χ3n) is 10.5. The number of hydrogen-bond donors (Lipinski definition) is 6. The summed E-state index contributed by atoms with van der Waals surface area (Å²) in [6.07, 6.45) is 0.198. The highest BCUT2D eigenvalue weighted by Crippen LogP contribution is 2.53. The number of ether oxygens (including phenoxy) is 1. The van der Waals surface area contributed by atoms with Crippen molar-refractivity contribution < 1.29 is 44.7 Å². The second kappa shape index (κ2) is 12.6. The van der Waals surface area contributed by atoms with Crippen LogP contribution in [-0.2, 0) is 27.3 Å². The molecule has 1 heterocycles. The Kier molecular flexibility index (Phi) is 8.85. The van der Waals surface area contributed by atoms with E-state index in [4.69, 9.17) is 10.5 Å². The van der Waals surface area contributed by atoms with Gasteiger partial charge in [0, 0.05) is 56.3 Å². The summed E-state index contributed by atoms with van der Waals surface area (Å²) in [5.74, 6) is -6.13. The number of amides is 1. The molecule has 0 aromatic heterocycles. The van der Waals surface area contributed by atoms with E-state index < -0.39 is 58.0 Å². The fourth-order valence-electron chi connectivity index (χ4n) is 8.14. The fourth-order valence-corrected chi connectivity index (χ4v) is 8.14. The van der Waals surface area contributed by atoms with E-state index in [1.54, 1.807) is 27.3 Å². The first-order valence-corrected chi connectivity index (χ1v) is 16.1. The lowest BCUT2D eigenvalue weighted by atomic mass is 9.57. The summed E-state index contributed by atoms with van der Waals surface area (Å²) in [5.41, 5.74) is 4.81. The Bertz CT molecular complexity index is 1740. The predicted octanol–water partition coefficient (Wildman–Crippen LogP) is 0.750. The molecular formula is C35H42N4O9. The van der Waals surface area contributed by atoms with Crippen LogP contribution in [0, 0.1) is 11.8 Å². The number of hydrogen-bond acceptors (Lipinski definition) is 12. The fraction of sp³-hybridized carbons (Fsp3) is 0.457. The predicted molar refractivity (Wildman–Crippen MR) is 175 cm³/mol. The van der Waals surface area contributed by atoms with Crippen molar-refractivity contribution in [3.63, 3.8) is 0 Å². The number of aliphatic hydroxyl groups is 4. The van der Waals surface area contributed by atoms with E-state index in [-0.39, 0.29) is 36.3 Å². The Morgan fingerprint density at radius 3 is 2.38 bits per heavy atom. The molecule has 1 amide bonds. The summed E-state index contributed by atoms with van der Waals surface area (Å²) in [6.45, 7) is 4.74. The zero-order chi connectivity index (χ0) is 34.7. The van der Waals surface area contributed by atoms with Gasteiger partial charge in [-0.25, -0.2) is 0 Å². The lowest BCUT2D eigenvalue weighted by molar-refractivity contribution is -0.153. The zero-order valence-electron chi connectivity index (χ0n) is 27.3. The number of aromatic hydroxyl groups is 1. The van der Waals surface area contributed by atoms with Crippen molar-refractivity contribution in [2.45, 2.75) is 31.0 Å². The number of likely N-dealkylation sites (N-methyl/N-ethyl adjacent to an activating group) is 1. The van der Waals surface area contributed by atoms with Crippen LogP contribution in [0.25, 0.3) is 16.9 Å². The quantitative estimate of drug-likeness (QED) is 0.217. The Morgan fingerprint density at radius 1 is 1.06 bits per heavy atom. The highest BCUT2D eigenvalue weighted by Gasteiger charge is 2.64. The number of aliphatic hydroxyl groups excluding tert-OH is 3. The topological polar surface area (TPSA) is 197 Å². The number of rotatable bonds is 8. The highest BCUT2D eigenvalue weighted by atomic mass is 16.5. The molecule has 0 bridgehead atoms. The maximum atomic E-state index is 14.2. The third-order valence-corrected chi connectivity index (χ3v) is 10.5. The Balaban J connectivity index is 1.42. The van der Waals surface area contributed by atoms with Crippen molar-refractivity contribution in [1.82, 2.24) is 14.7 Å². The van der Waals surface area contributed by atoms with Gasteiger partial charge in [0.25, 0.3) is 5.91 Å². The minimum Gasteiger partial charge on any atom is -0.508 e. The molecule has 48 heavy (non-hydrogen) atoms. The molecule has 4 aliphatic rings. The normalized spacial score (nSPS) is 26.4. The second-order valence-corrected chi connectivity index (χ2v) is 13.3. The molecule has 1 saturated heterocycles. The zero-order valence-corrected chi connectivity index (χ0v) is 27.3. The van der Waals surface area contributed by atoms with Gasteiger partial charge in [-0.1, -0.05) is 12.1 Å². The summed E-state index contributed by atoms with van der Waals surface area (Å²) in [7, 11) is 4.75. The molecule has 0 unspecified atom stereocenters. The molecule has 0 spiro atoms. The van der Waals surface area contributed by atoms with Crippen molar-refractivity contribution in [3.05, 3.63) is 63.9 Å². The number of carbonyl (C=O) groups excluding carboxylic acids is 3. The van der Waals surface area contributed by atoms with E-state index in [1.165, 1.54) is 11.0 Å². The molecule has 1 aliphatic heterocycles. The van der Waals surface area contributed by atoms with Gasteiger partial charge >= 0.3 is 0 Å². The van der Waals surface area contributed by atoms with Gasteiger partial charge in [-0.2, -0.15) is 0 Å². The van der Waals surface area contributed by atoms with Crippen LogP contribution in [0.2, 0.25) is 0 Å². The molecule has 13 nitrogen and oxygen atoms in total. The molecule has 6 rings (SSSR count). The lowest BCUT2D eigenvalue weighted by Crippen LogP contribution is -2.65. The Morgan fingerprint density at radius 2 is 1.75 bits per heavy atom. The number of benzene rings is 2. The first kappa shape index (κ1) is 33.6. The van der Waals surface area contributed by atoms with Gasteiger partial charge < -0.3 is 36.0 Å². The SMILES string of the molecule is COc1ccc(-c2ccc(O)c3c2C[C@@H]2C[C@@H]4[C@H](N(C)C)C(=O)C(C(N)=O)=C(O)[C@@]4(O)C(=O)C2=C3O)cc1CN1CCN(CCO)CC1.